The summed E-state index contributed by atoms with van der Waals surface area (Å²) >= 11 is 0. The van der Waals surface area contributed by atoms with Gasteiger partial charge in [-0.2, -0.15) is 50.5 Å². The van der Waals surface area contributed by atoms with E-state index in [9.17, 15) is 110 Å². The fraction of sp³-hybridized carbons (Fsp3) is 0.500. The van der Waals surface area contributed by atoms with Crippen molar-refractivity contribution >= 4 is 166 Å². The number of rotatable bonds is 15. The average Bonchev–Trinajstić information content (AvgIpc) is 2.73. The van der Waals surface area contributed by atoms with Crippen LogP contribution in [-0.4, -0.2) is 214 Å². The first-order valence-corrected chi connectivity index (χ1v) is 18.7. The molecule has 6 unspecified atom stereocenters. The third-order valence-electron chi connectivity index (χ3n) is 4.14. The molecule has 0 aromatic carbocycles. The minimum atomic E-state index is -5.61. The fourth-order valence-electron chi connectivity index (χ4n) is 2.41. The summed E-state index contributed by atoms with van der Waals surface area (Å²) in [4.78, 5) is 61.3. The molecule has 282 valence electrons. The molecule has 6 N–H and O–H groups in total. The molecule has 39 heteroatoms. The molecule has 0 rings (SSSR count). The second-order valence-corrected chi connectivity index (χ2v) is 16.8. The molecule has 0 bridgehead atoms. The Kier molecular flexibility index (Phi) is 26.7. The maximum Gasteiger partial charge on any atom is 2.00 e. The van der Waals surface area contributed by atoms with Crippen LogP contribution >= 0.6 is 0 Å². The van der Waals surface area contributed by atoms with Gasteiger partial charge in [-0.25, -0.2) is 0 Å². The van der Waals surface area contributed by atoms with Crippen LogP contribution in [0.4, 0.5) is 0 Å². The maximum absolute atomic E-state index is 10.4. The minimum absolute atomic E-state index is 0. The molecule has 6 atom stereocenters. The van der Waals surface area contributed by atoms with Crippen molar-refractivity contribution in [1.29, 1.82) is 0 Å². The molecule has 30 nitrogen and oxygen atoms in total. The molecule has 0 aliphatic rings. The van der Waals surface area contributed by atoms with Crippen LogP contribution in [0.1, 0.15) is 0 Å². The van der Waals surface area contributed by atoms with Crippen molar-refractivity contribution in [3.63, 3.8) is 0 Å². The van der Waals surface area contributed by atoms with Crippen molar-refractivity contribution in [2.24, 2.45) is 0 Å². The molecule has 0 aliphatic carbocycles. The Hall–Kier alpha value is -1.42. The average molecular weight is 902 g/mol. The van der Waals surface area contributed by atoms with Crippen LogP contribution in [0.25, 0.3) is 0 Å². The van der Waals surface area contributed by atoms with E-state index in [1.807, 2.05) is 0 Å². The normalized spacial score (nSPS) is 15.4. The zero-order valence-corrected chi connectivity index (χ0v) is 32.7. The van der Waals surface area contributed by atoms with Crippen molar-refractivity contribution in [2.75, 3.05) is 0 Å². The van der Waals surface area contributed by atoms with Crippen molar-refractivity contribution in [3.05, 3.63) is 0 Å². The molecule has 0 radical (unpaired) electrons. The Morgan fingerprint density at radius 3 is 0.353 bits per heavy atom. The van der Waals surface area contributed by atoms with E-state index in [1.54, 1.807) is 0 Å². The van der Waals surface area contributed by atoms with Gasteiger partial charge < -0.3 is 59.4 Å². The van der Waals surface area contributed by atoms with Gasteiger partial charge in [-0.15, -0.1) is 0 Å². The van der Waals surface area contributed by atoms with Gasteiger partial charge in [0.15, 0.2) is 31.5 Å². The Morgan fingerprint density at radius 1 is 0.275 bits per heavy atom. The summed E-state index contributed by atoms with van der Waals surface area (Å²) < 4.78 is 175. The SMILES string of the molecule is O=C([O-])C(C(C(=O)[O-])S(=O)(=O)O)S(=O)(=O)O.O=C([O-])C(C(C(=O)[O-])S(=O)(=O)O)S(=O)(=O)O.O=C([O-])C(C(C(=O)[O-])S(=O)(=O)O)S(=O)(=O)O.[Mg+2].[Mg+2].[Mg+2]. The van der Waals surface area contributed by atoms with Crippen LogP contribution in [0.15, 0.2) is 0 Å². The molecule has 0 aromatic heterocycles. The van der Waals surface area contributed by atoms with E-state index in [4.69, 9.17) is 27.3 Å². The van der Waals surface area contributed by atoms with E-state index >= 15 is 0 Å². The van der Waals surface area contributed by atoms with Gasteiger partial charge in [0, 0.05) is 0 Å². The molecule has 0 saturated heterocycles. The third-order valence-corrected chi connectivity index (χ3v) is 11.3. The summed E-state index contributed by atoms with van der Waals surface area (Å²) in [5, 5.41) is 41.0. The minimum Gasteiger partial charge on any atom is -0.549 e. The number of carbonyl (C=O) groups excluding carboxylic acids is 6. The van der Waals surface area contributed by atoms with Gasteiger partial charge in [0.1, 0.15) is 0 Å². The van der Waals surface area contributed by atoms with Crippen LogP contribution in [-0.2, 0) is 89.5 Å². The molecule has 51 heavy (non-hydrogen) atoms. The van der Waals surface area contributed by atoms with Crippen LogP contribution < -0.4 is 30.6 Å². The summed E-state index contributed by atoms with van der Waals surface area (Å²) in [5.41, 5.74) is 0. The van der Waals surface area contributed by atoms with E-state index < -0.39 is 128 Å². The Balaban J connectivity index is -0.000000145. The number of hydrogen-bond donors (Lipinski definition) is 6. The predicted octanol–water partition coefficient (Wildman–Crippen LogP) is -16.1. The smallest absolute Gasteiger partial charge is 0.549 e. The van der Waals surface area contributed by atoms with Crippen molar-refractivity contribution < 1.29 is 137 Å². The van der Waals surface area contributed by atoms with Crippen LogP contribution in [0.3, 0.4) is 0 Å². The number of hydrogen-bond acceptors (Lipinski definition) is 24. The first-order chi connectivity index (χ1) is 20.7. The zero-order valence-electron chi connectivity index (χ0n) is 23.5. The monoisotopic (exact) mass is 900 g/mol. The number of aliphatic carboxylic acids is 6. The van der Waals surface area contributed by atoms with Gasteiger partial charge in [0.25, 0.3) is 60.7 Å². The van der Waals surface area contributed by atoms with Crippen LogP contribution in [0.2, 0.25) is 0 Å². The summed E-state index contributed by atoms with van der Waals surface area (Å²) in [7, 11) is -33.7. The first-order valence-electron chi connectivity index (χ1n) is 9.69. The van der Waals surface area contributed by atoms with Gasteiger partial charge in [-0.05, 0) is 0 Å². The molecule has 0 saturated carbocycles. The largest absolute Gasteiger partial charge is 2.00 e. The second kappa shape index (κ2) is 22.1. The van der Waals surface area contributed by atoms with Gasteiger partial charge in [0.2, 0.25) is 0 Å². The standard InChI is InChI=1S/3C4H6O10S2.3Mg/c3*5-3(6)1(15(9,10)11)2(4(7)8)16(12,13)14;;;/h3*1-2H,(H,5,6)(H,7,8)(H,9,10,11)(H,12,13,14);;;/q;;;3*+2/p-6. The van der Waals surface area contributed by atoms with Gasteiger partial charge in [-0.3, -0.25) is 27.3 Å². The molecule has 0 fully saturated rings. The molecular formula is C12H12Mg3O30S6. The summed E-state index contributed by atoms with van der Waals surface area (Å²) in [6.07, 6.45) is 0. The Bertz CT molecular complexity index is 1590. The van der Waals surface area contributed by atoms with Gasteiger partial charge in [-0.1, -0.05) is 0 Å². The Labute approximate surface area is 331 Å². The number of carboxylic acid groups (broad SMARTS) is 6. The summed E-state index contributed by atoms with van der Waals surface area (Å²) in [6.45, 7) is 0. The first kappa shape index (κ1) is 61.6. The fourth-order valence-corrected chi connectivity index (χ4v) is 8.94. The molecule has 0 aromatic rings. The third kappa shape index (κ3) is 21.2. The van der Waals surface area contributed by atoms with Gasteiger partial charge >= 0.3 is 69.2 Å². The second-order valence-electron chi connectivity index (χ2n) is 7.53. The summed E-state index contributed by atoms with van der Waals surface area (Å²) in [5.74, 6) is -16.3. The van der Waals surface area contributed by atoms with Crippen molar-refractivity contribution in [3.8, 4) is 0 Å². The quantitative estimate of drug-likeness (QED) is 0.0656. The topological polar surface area (TPSA) is 567 Å². The molecule has 0 spiro atoms. The van der Waals surface area contributed by atoms with E-state index in [-0.39, 0.29) is 69.2 Å². The van der Waals surface area contributed by atoms with Crippen molar-refractivity contribution in [2.45, 2.75) is 31.5 Å². The molecule has 0 heterocycles. The predicted molar refractivity (Wildman–Crippen MR) is 139 cm³/mol. The number of carbonyl (C=O) groups is 6. The van der Waals surface area contributed by atoms with Gasteiger partial charge in [0.05, 0.1) is 35.8 Å². The van der Waals surface area contributed by atoms with Crippen LogP contribution in [0.5, 0.6) is 0 Å². The molecule has 0 aliphatic heterocycles. The molecule has 0 amide bonds. The maximum atomic E-state index is 10.4. The van der Waals surface area contributed by atoms with E-state index in [1.165, 1.54) is 0 Å². The van der Waals surface area contributed by atoms with E-state index in [2.05, 4.69) is 0 Å². The van der Waals surface area contributed by atoms with E-state index in [0.29, 0.717) is 0 Å². The van der Waals surface area contributed by atoms with Crippen LogP contribution in [0, 0.1) is 0 Å². The Morgan fingerprint density at radius 2 is 0.333 bits per heavy atom. The van der Waals surface area contributed by atoms with Crippen molar-refractivity contribution in [1.82, 2.24) is 0 Å². The van der Waals surface area contributed by atoms with E-state index in [0.717, 1.165) is 0 Å². The number of carboxylic acids is 6. The zero-order chi connectivity index (χ0) is 39.9. The summed E-state index contributed by atoms with van der Waals surface area (Å²) in [6, 6.07) is 0. The molecular weight excluding hydrogens is 889 g/mol.